The number of benzene rings is 2. The predicted octanol–water partition coefficient (Wildman–Crippen LogP) is 3.69. The van der Waals surface area contributed by atoms with Crippen molar-refractivity contribution in [3.05, 3.63) is 64.7 Å². The van der Waals surface area contributed by atoms with Gasteiger partial charge in [0.25, 0.3) is 0 Å². The summed E-state index contributed by atoms with van der Waals surface area (Å²) in [5, 5.41) is 3.42. The second kappa shape index (κ2) is 8.25. The van der Waals surface area contributed by atoms with Crippen LogP contribution in [0.15, 0.2) is 48.5 Å². The first-order valence-electron chi connectivity index (χ1n) is 7.06. The molecule has 0 bridgehead atoms. The minimum Gasteiger partial charge on any atom is -0.496 e. The summed E-state index contributed by atoms with van der Waals surface area (Å²) in [7, 11) is 3.15. The first-order chi connectivity index (χ1) is 11.2. The fourth-order valence-corrected chi connectivity index (χ4v) is 2.29. The van der Waals surface area contributed by atoms with Crippen molar-refractivity contribution in [3.8, 4) is 11.5 Å². The molecule has 23 heavy (non-hydrogen) atoms. The first kappa shape index (κ1) is 16.9. The van der Waals surface area contributed by atoms with Gasteiger partial charge in [0.05, 0.1) is 19.8 Å². The van der Waals surface area contributed by atoms with E-state index >= 15 is 0 Å². The Hall–Kier alpha value is -2.46. The molecule has 0 saturated heterocycles. The van der Waals surface area contributed by atoms with Gasteiger partial charge in [0.2, 0.25) is 5.91 Å². The lowest BCUT2D eigenvalue weighted by atomic mass is 10.1. The van der Waals surface area contributed by atoms with Crippen LogP contribution in [0.2, 0.25) is 5.02 Å². The van der Waals surface area contributed by atoms with Crippen molar-refractivity contribution >= 4 is 23.6 Å². The van der Waals surface area contributed by atoms with Gasteiger partial charge in [-0.15, -0.1) is 0 Å². The molecule has 0 aromatic heterocycles. The zero-order valence-corrected chi connectivity index (χ0v) is 13.8. The minimum absolute atomic E-state index is 0.224. The van der Waals surface area contributed by atoms with Gasteiger partial charge in [0.1, 0.15) is 11.5 Å². The molecule has 0 aliphatic rings. The molecule has 0 heterocycles. The quantitative estimate of drug-likeness (QED) is 0.821. The van der Waals surface area contributed by atoms with Crippen molar-refractivity contribution in [2.24, 2.45) is 0 Å². The Morgan fingerprint density at radius 2 is 1.74 bits per heavy atom. The third-order valence-corrected chi connectivity index (χ3v) is 3.65. The molecule has 0 aliphatic carbocycles. The molecule has 1 N–H and O–H groups in total. The summed E-state index contributed by atoms with van der Waals surface area (Å²) in [5.41, 5.74) is 1.58. The van der Waals surface area contributed by atoms with Gasteiger partial charge in [0.15, 0.2) is 0 Å². The van der Waals surface area contributed by atoms with Crippen molar-refractivity contribution in [1.82, 2.24) is 5.32 Å². The monoisotopic (exact) mass is 331 g/mol. The molecule has 0 aliphatic heterocycles. The highest BCUT2D eigenvalue weighted by Gasteiger charge is 2.07. The summed E-state index contributed by atoms with van der Waals surface area (Å²) in [6.45, 7) is 0.367. The molecule has 0 saturated carbocycles. The smallest absolute Gasteiger partial charge is 0.244 e. The van der Waals surface area contributed by atoms with Gasteiger partial charge >= 0.3 is 0 Å². The summed E-state index contributed by atoms with van der Waals surface area (Å²) >= 11 is 6.06. The number of amides is 1. The van der Waals surface area contributed by atoms with Gasteiger partial charge in [-0.3, -0.25) is 4.79 Å². The van der Waals surface area contributed by atoms with E-state index in [0.29, 0.717) is 28.6 Å². The number of hydrogen-bond donors (Lipinski definition) is 1. The van der Waals surface area contributed by atoms with Gasteiger partial charge in [0, 0.05) is 17.6 Å². The Morgan fingerprint density at radius 3 is 2.35 bits per heavy atom. The average Bonchev–Trinajstić information content (AvgIpc) is 2.58. The summed E-state index contributed by atoms with van der Waals surface area (Å²) in [6.07, 6.45) is 3.11. The highest BCUT2D eigenvalue weighted by molar-refractivity contribution is 6.31. The van der Waals surface area contributed by atoms with Gasteiger partial charge in [-0.2, -0.15) is 0 Å². The zero-order chi connectivity index (χ0) is 16.7. The molecule has 5 heteroatoms. The summed E-state index contributed by atoms with van der Waals surface area (Å²) in [6, 6.07) is 12.8. The lowest BCUT2D eigenvalue weighted by molar-refractivity contribution is -0.116. The molecule has 1 amide bonds. The van der Waals surface area contributed by atoms with E-state index in [0.717, 1.165) is 5.56 Å². The van der Waals surface area contributed by atoms with Crippen LogP contribution >= 0.6 is 11.6 Å². The Kier molecular flexibility index (Phi) is 6.06. The van der Waals surface area contributed by atoms with E-state index < -0.39 is 0 Å². The van der Waals surface area contributed by atoms with E-state index in [1.165, 1.54) is 6.08 Å². The zero-order valence-electron chi connectivity index (χ0n) is 13.0. The van der Waals surface area contributed by atoms with Crippen LogP contribution in [0, 0.1) is 0 Å². The number of rotatable bonds is 6. The third kappa shape index (κ3) is 4.50. The highest BCUT2D eigenvalue weighted by Crippen LogP contribution is 2.29. The largest absolute Gasteiger partial charge is 0.496 e. The van der Waals surface area contributed by atoms with Gasteiger partial charge < -0.3 is 14.8 Å². The van der Waals surface area contributed by atoms with E-state index in [1.807, 2.05) is 36.4 Å². The topological polar surface area (TPSA) is 47.6 Å². The van der Waals surface area contributed by atoms with Crippen LogP contribution in [0.25, 0.3) is 6.08 Å². The van der Waals surface area contributed by atoms with E-state index in [4.69, 9.17) is 21.1 Å². The van der Waals surface area contributed by atoms with Crippen LogP contribution in [0.1, 0.15) is 11.1 Å². The molecule has 2 aromatic rings. The number of ether oxygens (including phenoxy) is 2. The Balaban J connectivity index is 2.06. The standard InChI is InChI=1S/C18H18ClNO3/c1-22-16-8-5-9-17(23-2)14(16)10-11-18(21)20-12-13-6-3-4-7-15(13)19/h3-11H,12H2,1-2H3,(H,20,21)/b11-10+. The maximum Gasteiger partial charge on any atom is 0.244 e. The average molecular weight is 332 g/mol. The van der Waals surface area contributed by atoms with Crippen LogP contribution in [0.3, 0.4) is 0 Å². The maximum atomic E-state index is 12.0. The second-order valence-corrected chi connectivity index (χ2v) is 5.13. The molecule has 2 aromatic carbocycles. The number of hydrogen-bond acceptors (Lipinski definition) is 3. The molecule has 2 rings (SSSR count). The van der Waals surface area contributed by atoms with Crippen molar-refractivity contribution in [1.29, 1.82) is 0 Å². The second-order valence-electron chi connectivity index (χ2n) is 4.72. The van der Waals surface area contributed by atoms with Crippen molar-refractivity contribution in [3.63, 3.8) is 0 Å². The molecular formula is C18H18ClNO3. The lowest BCUT2D eigenvalue weighted by Crippen LogP contribution is -2.20. The number of carbonyl (C=O) groups is 1. The summed E-state index contributed by atoms with van der Waals surface area (Å²) < 4.78 is 10.6. The highest BCUT2D eigenvalue weighted by atomic mass is 35.5. The maximum absolute atomic E-state index is 12.0. The molecule has 0 atom stereocenters. The molecule has 0 radical (unpaired) electrons. The van der Waals surface area contributed by atoms with Crippen LogP contribution in [-0.4, -0.2) is 20.1 Å². The first-order valence-corrected chi connectivity index (χ1v) is 7.43. The Bertz CT molecular complexity index is 691. The van der Waals surface area contributed by atoms with Crippen molar-refractivity contribution in [2.75, 3.05) is 14.2 Å². The van der Waals surface area contributed by atoms with Gasteiger partial charge in [-0.25, -0.2) is 0 Å². The molecule has 0 unspecified atom stereocenters. The number of halogens is 1. The fraction of sp³-hybridized carbons (Fsp3) is 0.167. The SMILES string of the molecule is COc1cccc(OC)c1/C=C/C(=O)NCc1ccccc1Cl. The summed E-state index contributed by atoms with van der Waals surface area (Å²) in [5.74, 6) is 1.05. The molecule has 120 valence electrons. The number of nitrogens with one attached hydrogen (secondary N) is 1. The van der Waals surface area contributed by atoms with Crippen molar-refractivity contribution in [2.45, 2.75) is 6.54 Å². The predicted molar refractivity (Wildman–Crippen MR) is 91.9 cm³/mol. The fourth-order valence-electron chi connectivity index (χ4n) is 2.09. The van der Waals surface area contributed by atoms with E-state index in [-0.39, 0.29) is 5.91 Å². The summed E-state index contributed by atoms with van der Waals surface area (Å²) in [4.78, 5) is 12.0. The number of methoxy groups -OCH3 is 2. The Morgan fingerprint density at radius 1 is 1.09 bits per heavy atom. The van der Waals surface area contributed by atoms with E-state index in [2.05, 4.69) is 5.32 Å². The van der Waals surface area contributed by atoms with E-state index in [9.17, 15) is 4.79 Å². The minimum atomic E-state index is -0.224. The van der Waals surface area contributed by atoms with Gasteiger partial charge in [-0.1, -0.05) is 35.9 Å². The molecular weight excluding hydrogens is 314 g/mol. The normalized spacial score (nSPS) is 10.6. The van der Waals surface area contributed by atoms with Gasteiger partial charge in [-0.05, 0) is 29.8 Å². The number of carbonyl (C=O) groups excluding carboxylic acids is 1. The van der Waals surface area contributed by atoms with E-state index in [1.54, 1.807) is 26.4 Å². The van der Waals surface area contributed by atoms with Crippen LogP contribution in [-0.2, 0) is 11.3 Å². The van der Waals surface area contributed by atoms with Crippen molar-refractivity contribution < 1.29 is 14.3 Å². The lowest BCUT2D eigenvalue weighted by Gasteiger charge is -2.09. The molecule has 4 nitrogen and oxygen atoms in total. The van der Waals surface area contributed by atoms with Crippen LogP contribution in [0.4, 0.5) is 0 Å². The third-order valence-electron chi connectivity index (χ3n) is 3.28. The molecule has 0 fully saturated rings. The Labute approximate surface area is 140 Å². The van der Waals surface area contributed by atoms with Crippen LogP contribution < -0.4 is 14.8 Å². The molecule has 0 spiro atoms. The van der Waals surface area contributed by atoms with Crippen LogP contribution in [0.5, 0.6) is 11.5 Å².